The number of aryl methyl sites for hydroxylation is 1. The molecule has 13 heteroatoms. The molecule has 1 aliphatic rings. The smallest absolute Gasteiger partial charge is 0.269 e. The number of rotatable bonds is 11. The predicted octanol–water partition coefficient (Wildman–Crippen LogP) is 5.26. The lowest BCUT2D eigenvalue weighted by Gasteiger charge is -2.31. The number of piperidine rings is 1. The largest absolute Gasteiger partial charge is 0.397 e. The van der Waals surface area contributed by atoms with Crippen molar-refractivity contribution in [1.82, 2.24) is 14.6 Å². The third-order valence-corrected chi connectivity index (χ3v) is 8.87. The van der Waals surface area contributed by atoms with Gasteiger partial charge in [-0.25, -0.2) is 12.8 Å². The zero-order chi connectivity index (χ0) is 31.9. The fraction of sp³-hybridized carbons (Fsp3) is 0.323. The van der Waals surface area contributed by atoms with Gasteiger partial charge in [-0.1, -0.05) is 31.2 Å². The molecule has 0 unspecified atom stereocenters. The van der Waals surface area contributed by atoms with Crippen LogP contribution in [-0.4, -0.2) is 49.2 Å². The number of carbonyl (C=O) groups excluding carboxylic acids is 2. The Morgan fingerprint density at radius 1 is 1.07 bits per heavy atom. The fourth-order valence-electron chi connectivity index (χ4n) is 4.97. The molecule has 0 aliphatic carbocycles. The lowest BCUT2D eigenvalue weighted by atomic mass is 10.0. The summed E-state index contributed by atoms with van der Waals surface area (Å²) in [5.41, 5.74) is 7.43. The Bertz CT molecular complexity index is 1630. The standard InChI is InChI=1S/C31H34F3N5O4S/c1-2-28(40)37-29-25(21-6-3-7-22(32)18-21)9-5-11-27(29)44(42,43)38-26(10-4-8-24-13-12-23(35)19-36-24)31(41)39-16-14-20(15-17-39)30(33)34/h3,5-7,9,11-13,18-19,26,38H,2,4,8,10,14-17,35H2,1H3,(H,37,40)/t26-/m0/s1. The molecule has 1 saturated heterocycles. The van der Waals surface area contributed by atoms with Gasteiger partial charge in [-0.2, -0.15) is 13.5 Å². The van der Waals surface area contributed by atoms with Gasteiger partial charge in [0.2, 0.25) is 21.8 Å². The maximum Gasteiger partial charge on any atom is 0.269 e. The number of nitrogens with zero attached hydrogens (tertiary/aromatic N) is 2. The lowest BCUT2D eigenvalue weighted by molar-refractivity contribution is -0.133. The molecule has 2 amide bonds. The van der Waals surface area contributed by atoms with Crippen molar-refractivity contribution in [2.24, 2.45) is 0 Å². The highest BCUT2D eigenvalue weighted by Crippen LogP contribution is 2.34. The number of nitrogens with one attached hydrogen (secondary N) is 2. The molecule has 1 fully saturated rings. The molecule has 3 aromatic rings. The van der Waals surface area contributed by atoms with Crippen LogP contribution in [-0.2, 0) is 26.0 Å². The van der Waals surface area contributed by atoms with E-state index in [0.717, 1.165) is 0 Å². The molecule has 4 rings (SSSR count). The maximum absolute atomic E-state index is 14.1. The van der Waals surface area contributed by atoms with E-state index in [9.17, 15) is 31.2 Å². The zero-order valence-corrected chi connectivity index (χ0v) is 25.0. The third kappa shape index (κ3) is 8.23. The molecule has 9 nitrogen and oxygen atoms in total. The Morgan fingerprint density at radius 2 is 1.80 bits per heavy atom. The van der Waals surface area contributed by atoms with E-state index < -0.39 is 39.8 Å². The molecule has 1 aliphatic heterocycles. The van der Waals surface area contributed by atoms with Crippen molar-refractivity contribution in [3.63, 3.8) is 0 Å². The molecule has 44 heavy (non-hydrogen) atoms. The van der Waals surface area contributed by atoms with Crippen molar-refractivity contribution in [1.29, 1.82) is 0 Å². The van der Waals surface area contributed by atoms with Crippen LogP contribution in [0.1, 0.15) is 44.7 Å². The Morgan fingerprint density at radius 3 is 2.43 bits per heavy atom. The van der Waals surface area contributed by atoms with Crippen LogP contribution >= 0.6 is 0 Å². The van der Waals surface area contributed by atoms with Crippen LogP contribution in [0.25, 0.3) is 11.1 Å². The van der Waals surface area contributed by atoms with E-state index >= 15 is 0 Å². The minimum atomic E-state index is -4.46. The van der Waals surface area contributed by atoms with Crippen LogP contribution < -0.4 is 15.8 Å². The quantitative estimate of drug-likeness (QED) is 0.265. The van der Waals surface area contributed by atoms with E-state index in [-0.39, 0.29) is 60.5 Å². The van der Waals surface area contributed by atoms with E-state index in [1.165, 1.54) is 41.4 Å². The summed E-state index contributed by atoms with van der Waals surface area (Å²) in [6, 6.07) is 12.0. The van der Waals surface area contributed by atoms with Crippen molar-refractivity contribution in [3.8, 4) is 11.1 Å². The summed E-state index contributed by atoms with van der Waals surface area (Å²) in [4.78, 5) is 31.5. The summed E-state index contributed by atoms with van der Waals surface area (Å²) in [6.07, 6.45) is 0.662. The number of halogens is 3. The van der Waals surface area contributed by atoms with Crippen molar-refractivity contribution in [2.45, 2.75) is 56.4 Å². The Kier molecular flexibility index (Phi) is 10.8. The second kappa shape index (κ2) is 14.5. The van der Waals surface area contributed by atoms with Gasteiger partial charge in [0.1, 0.15) is 16.8 Å². The highest BCUT2D eigenvalue weighted by molar-refractivity contribution is 7.89. The molecule has 1 atom stereocenters. The van der Waals surface area contributed by atoms with Crippen LogP contribution in [0.2, 0.25) is 0 Å². The summed E-state index contributed by atoms with van der Waals surface area (Å²) >= 11 is 0. The Balaban J connectivity index is 1.66. The van der Waals surface area contributed by atoms with Crippen LogP contribution in [0.3, 0.4) is 0 Å². The molecule has 0 spiro atoms. The first-order valence-corrected chi connectivity index (χ1v) is 15.7. The molecule has 0 bridgehead atoms. The Labute approximate surface area is 254 Å². The first-order chi connectivity index (χ1) is 21.0. The van der Waals surface area contributed by atoms with Gasteiger partial charge < -0.3 is 16.0 Å². The number of benzene rings is 2. The van der Waals surface area contributed by atoms with Crippen molar-refractivity contribution >= 4 is 33.2 Å². The van der Waals surface area contributed by atoms with Gasteiger partial charge in [-0.15, -0.1) is 0 Å². The van der Waals surface area contributed by atoms with Crippen LogP contribution in [0.4, 0.5) is 24.5 Å². The van der Waals surface area contributed by atoms with Gasteiger partial charge in [0.15, 0.2) is 0 Å². The minimum Gasteiger partial charge on any atom is -0.397 e. The number of para-hydroxylation sites is 1. The van der Waals surface area contributed by atoms with E-state index in [2.05, 4.69) is 15.0 Å². The number of amides is 2. The van der Waals surface area contributed by atoms with Crippen LogP contribution in [0.15, 0.2) is 77.3 Å². The SMILES string of the molecule is CCC(=O)Nc1c(-c2cccc(F)c2)cccc1S(=O)(=O)N[C@@H](CCCc1ccc(N)cn1)C(=O)N1CCC(=C(F)F)CC1. The van der Waals surface area contributed by atoms with Gasteiger partial charge in [0.05, 0.1) is 17.6 Å². The first kappa shape index (κ1) is 32.7. The molecule has 1 aromatic heterocycles. The topological polar surface area (TPSA) is 134 Å². The van der Waals surface area contributed by atoms with Crippen molar-refractivity contribution < 1.29 is 31.2 Å². The molecule has 0 saturated carbocycles. The van der Waals surface area contributed by atoms with E-state index in [1.54, 1.807) is 31.2 Å². The minimum absolute atomic E-state index is 0.00816. The molecular formula is C31H34F3N5O4S. The molecule has 2 heterocycles. The summed E-state index contributed by atoms with van der Waals surface area (Å²) in [6.45, 7) is 1.65. The number of pyridine rings is 1. The maximum atomic E-state index is 14.1. The second-order valence-corrected chi connectivity index (χ2v) is 12.1. The van der Waals surface area contributed by atoms with E-state index in [4.69, 9.17) is 5.73 Å². The van der Waals surface area contributed by atoms with Crippen molar-refractivity contribution in [2.75, 3.05) is 24.1 Å². The monoisotopic (exact) mass is 629 g/mol. The predicted molar refractivity (Wildman–Crippen MR) is 162 cm³/mol. The van der Waals surface area contributed by atoms with Gasteiger partial charge in [0, 0.05) is 30.8 Å². The number of hydrogen-bond acceptors (Lipinski definition) is 6. The van der Waals surface area contributed by atoms with Gasteiger partial charge in [-0.3, -0.25) is 14.6 Å². The molecule has 4 N–H and O–H groups in total. The first-order valence-electron chi connectivity index (χ1n) is 14.2. The lowest BCUT2D eigenvalue weighted by Crippen LogP contribution is -2.50. The molecule has 2 aromatic carbocycles. The normalized spacial score (nSPS) is 14.3. The molecular weight excluding hydrogens is 595 g/mol. The van der Waals surface area contributed by atoms with Crippen LogP contribution in [0, 0.1) is 5.82 Å². The summed E-state index contributed by atoms with van der Waals surface area (Å²) in [5.74, 6) is -1.56. The fourth-order valence-corrected chi connectivity index (χ4v) is 6.38. The highest BCUT2D eigenvalue weighted by atomic mass is 32.2. The third-order valence-electron chi connectivity index (χ3n) is 7.35. The number of likely N-dealkylation sites (tertiary alicyclic amines) is 1. The summed E-state index contributed by atoms with van der Waals surface area (Å²) < 4.78 is 70.7. The van der Waals surface area contributed by atoms with E-state index in [0.29, 0.717) is 29.8 Å². The molecule has 0 radical (unpaired) electrons. The summed E-state index contributed by atoms with van der Waals surface area (Å²) in [7, 11) is -4.46. The van der Waals surface area contributed by atoms with Crippen molar-refractivity contribution in [3.05, 3.63) is 84.0 Å². The highest BCUT2D eigenvalue weighted by Gasteiger charge is 2.33. The summed E-state index contributed by atoms with van der Waals surface area (Å²) in [5, 5.41) is 2.63. The number of hydrogen-bond donors (Lipinski definition) is 3. The number of aromatic nitrogens is 1. The zero-order valence-electron chi connectivity index (χ0n) is 24.2. The van der Waals surface area contributed by atoms with Gasteiger partial charge in [0.25, 0.3) is 6.08 Å². The van der Waals surface area contributed by atoms with E-state index in [1.807, 2.05) is 0 Å². The average Bonchev–Trinajstić information content (AvgIpc) is 3.01. The average molecular weight is 630 g/mol. The second-order valence-electron chi connectivity index (χ2n) is 10.4. The number of carbonyl (C=O) groups is 2. The number of nitrogens with two attached hydrogens (primary N) is 1. The molecule has 234 valence electrons. The number of sulfonamides is 1. The number of nitrogen functional groups attached to an aromatic ring is 1. The van der Waals surface area contributed by atoms with Crippen LogP contribution in [0.5, 0.6) is 0 Å². The Hall–Kier alpha value is -4.23. The van der Waals surface area contributed by atoms with Gasteiger partial charge in [-0.05, 0) is 73.6 Å². The number of anilines is 2. The van der Waals surface area contributed by atoms with Gasteiger partial charge >= 0.3 is 0 Å².